The third kappa shape index (κ3) is 4.13. The molecule has 2 nitrogen and oxygen atoms in total. The lowest BCUT2D eigenvalue weighted by molar-refractivity contribution is 1.18. The molecule has 0 bridgehead atoms. The Balaban J connectivity index is 1.26. The topological polar surface area (TPSA) is 25.8 Å². The van der Waals surface area contributed by atoms with Gasteiger partial charge in [-0.3, -0.25) is 0 Å². The Hall–Kier alpha value is -5.60. The van der Waals surface area contributed by atoms with Gasteiger partial charge in [0.2, 0.25) is 0 Å². The van der Waals surface area contributed by atoms with Crippen molar-refractivity contribution in [3.63, 3.8) is 0 Å². The van der Waals surface area contributed by atoms with Crippen molar-refractivity contribution < 1.29 is 0 Å². The molecule has 0 aliphatic rings. The number of hydrogen-bond donors (Lipinski definition) is 0. The van der Waals surface area contributed by atoms with Gasteiger partial charge in [-0.2, -0.15) is 0 Å². The van der Waals surface area contributed by atoms with Gasteiger partial charge < -0.3 is 0 Å². The maximum atomic E-state index is 4.74. The highest BCUT2D eigenvalue weighted by molar-refractivity contribution is 6.25. The number of aromatic nitrogens is 2. The third-order valence-electron chi connectivity index (χ3n) is 8.19. The van der Waals surface area contributed by atoms with Crippen molar-refractivity contribution >= 4 is 32.3 Å². The fourth-order valence-electron chi connectivity index (χ4n) is 6.18. The molecule has 0 N–H and O–H groups in total. The summed E-state index contributed by atoms with van der Waals surface area (Å²) in [6.45, 7) is 0. The highest BCUT2D eigenvalue weighted by Crippen LogP contribution is 2.39. The molecule has 42 heavy (non-hydrogen) atoms. The summed E-state index contributed by atoms with van der Waals surface area (Å²) < 4.78 is 0. The Morgan fingerprint density at radius 3 is 1.57 bits per heavy atom. The number of hydrogen-bond acceptors (Lipinski definition) is 2. The van der Waals surface area contributed by atoms with E-state index in [0.29, 0.717) is 0 Å². The summed E-state index contributed by atoms with van der Waals surface area (Å²) in [6, 6.07) is 53.9. The van der Waals surface area contributed by atoms with Gasteiger partial charge in [0.1, 0.15) is 6.33 Å². The summed E-state index contributed by atoms with van der Waals surface area (Å²) in [5.74, 6) is 0. The molecular weight excluding hydrogens is 508 g/mol. The first-order valence-electron chi connectivity index (χ1n) is 14.2. The van der Waals surface area contributed by atoms with Crippen LogP contribution in [-0.2, 0) is 0 Å². The van der Waals surface area contributed by atoms with Crippen LogP contribution in [0.25, 0.3) is 77.1 Å². The third-order valence-corrected chi connectivity index (χ3v) is 8.19. The van der Waals surface area contributed by atoms with Gasteiger partial charge in [-0.15, -0.1) is 0 Å². The van der Waals surface area contributed by atoms with Gasteiger partial charge >= 0.3 is 0 Å². The molecule has 2 heteroatoms. The Morgan fingerprint density at radius 1 is 0.286 bits per heavy atom. The zero-order chi connectivity index (χ0) is 27.9. The van der Waals surface area contributed by atoms with Crippen LogP contribution >= 0.6 is 0 Å². The Kier molecular flexibility index (Phi) is 5.82. The van der Waals surface area contributed by atoms with Gasteiger partial charge in [0.25, 0.3) is 0 Å². The fourth-order valence-corrected chi connectivity index (χ4v) is 6.18. The van der Waals surface area contributed by atoms with Crippen LogP contribution < -0.4 is 0 Å². The van der Waals surface area contributed by atoms with Crippen LogP contribution in [0.15, 0.2) is 158 Å². The van der Waals surface area contributed by atoms with Crippen LogP contribution in [0.2, 0.25) is 0 Å². The van der Waals surface area contributed by atoms with E-state index in [2.05, 4.69) is 151 Å². The molecule has 0 radical (unpaired) electrons. The molecular formula is C40H26N2. The second kappa shape index (κ2) is 10.1. The lowest BCUT2D eigenvalue weighted by Gasteiger charge is -2.14. The predicted octanol–water partition coefficient (Wildman–Crippen LogP) is 10.6. The van der Waals surface area contributed by atoms with Crippen molar-refractivity contribution in [1.29, 1.82) is 0 Å². The zero-order valence-electron chi connectivity index (χ0n) is 22.9. The number of fused-ring (bicyclic) bond motifs is 6. The first-order valence-corrected chi connectivity index (χ1v) is 14.2. The van der Waals surface area contributed by atoms with E-state index in [1.165, 1.54) is 49.0 Å². The lowest BCUT2D eigenvalue weighted by atomic mass is 9.90. The molecule has 196 valence electrons. The molecule has 1 heterocycles. The molecule has 8 rings (SSSR count). The summed E-state index contributed by atoms with van der Waals surface area (Å²) in [5, 5.41) is 7.66. The molecule has 8 aromatic rings. The second-order valence-electron chi connectivity index (χ2n) is 10.6. The monoisotopic (exact) mass is 534 g/mol. The van der Waals surface area contributed by atoms with Crippen molar-refractivity contribution in [2.24, 2.45) is 0 Å². The zero-order valence-corrected chi connectivity index (χ0v) is 22.9. The van der Waals surface area contributed by atoms with Gasteiger partial charge in [-0.1, -0.05) is 133 Å². The van der Waals surface area contributed by atoms with Crippen LogP contribution in [0.4, 0.5) is 0 Å². The molecule has 0 saturated carbocycles. The molecule has 7 aromatic carbocycles. The molecule has 0 spiro atoms. The molecule has 0 fully saturated rings. The largest absolute Gasteiger partial charge is 0.236 e. The molecule has 0 amide bonds. The molecule has 0 atom stereocenters. The van der Waals surface area contributed by atoms with Crippen molar-refractivity contribution in [3.8, 4) is 44.8 Å². The van der Waals surface area contributed by atoms with E-state index in [1.54, 1.807) is 6.33 Å². The van der Waals surface area contributed by atoms with Crippen molar-refractivity contribution in [1.82, 2.24) is 9.97 Å². The number of benzene rings is 7. The summed E-state index contributed by atoms with van der Waals surface area (Å²) >= 11 is 0. The smallest absolute Gasteiger partial charge is 0.116 e. The van der Waals surface area contributed by atoms with Crippen molar-refractivity contribution in [3.05, 3.63) is 158 Å². The van der Waals surface area contributed by atoms with E-state index in [4.69, 9.17) is 4.98 Å². The lowest BCUT2D eigenvalue weighted by Crippen LogP contribution is -1.92. The quantitative estimate of drug-likeness (QED) is 0.210. The first kappa shape index (κ1) is 24.2. The van der Waals surface area contributed by atoms with E-state index in [-0.39, 0.29) is 0 Å². The molecule has 0 unspecified atom stereocenters. The molecule has 0 aliphatic carbocycles. The van der Waals surface area contributed by atoms with Crippen molar-refractivity contribution in [2.45, 2.75) is 0 Å². The SMILES string of the molecule is c1ccc(-c2cccc(-c3cc(-c4ccccc4-c4ccc5c6ccccc6c6ccccc6c5c4)ncn3)c2)cc1. The minimum absolute atomic E-state index is 0.906. The van der Waals surface area contributed by atoms with Gasteiger partial charge in [0.15, 0.2) is 0 Å². The number of nitrogens with zero attached hydrogens (tertiary/aromatic N) is 2. The minimum Gasteiger partial charge on any atom is -0.236 e. The van der Waals surface area contributed by atoms with Crippen molar-refractivity contribution in [2.75, 3.05) is 0 Å². The summed E-state index contributed by atoms with van der Waals surface area (Å²) in [7, 11) is 0. The fraction of sp³-hybridized carbons (Fsp3) is 0. The van der Waals surface area contributed by atoms with Crippen LogP contribution in [0.5, 0.6) is 0 Å². The van der Waals surface area contributed by atoms with E-state index in [9.17, 15) is 0 Å². The summed E-state index contributed by atoms with van der Waals surface area (Å²) in [4.78, 5) is 9.41. The summed E-state index contributed by atoms with van der Waals surface area (Å²) in [5.41, 5.74) is 8.66. The first-order chi connectivity index (χ1) is 20.8. The van der Waals surface area contributed by atoms with E-state index >= 15 is 0 Å². The van der Waals surface area contributed by atoms with E-state index in [1.807, 2.05) is 6.07 Å². The highest BCUT2D eigenvalue weighted by atomic mass is 14.8. The van der Waals surface area contributed by atoms with Gasteiger partial charge in [0.05, 0.1) is 11.4 Å². The average molecular weight is 535 g/mol. The molecule has 1 aromatic heterocycles. The Morgan fingerprint density at radius 2 is 0.833 bits per heavy atom. The van der Waals surface area contributed by atoms with Gasteiger partial charge in [-0.05, 0) is 72.8 Å². The second-order valence-corrected chi connectivity index (χ2v) is 10.6. The minimum atomic E-state index is 0.906. The molecule has 0 saturated heterocycles. The highest BCUT2D eigenvalue weighted by Gasteiger charge is 2.14. The number of rotatable bonds is 4. The maximum Gasteiger partial charge on any atom is 0.116 e. The van der Waals surface area contributed by atoms with Crippen LogP contribution in [0.3, 0.4) is 0 Å². The standard InChI is InChI=1S/C40H26N2/c1-2-11-27(12-3-1)28-13-10-14-30(23-28)39-25-40(42-26-41-39)37-20-9-4-15-31(37)29-21-22-36-34-18-6-5-16-32(34)33-17-7-8-19-35(33)38(36)24-29/h1-26H. The van der Waals surface area contributed by atoms with E-state index in [0.717, 1.165) is 28.1 Å². The van der Waals surface area contributed by atoms with E-state index < -0.39 is 0 Å². The molecule has 0 aliphatic heterocycles. The van der Waals surface area contributed by atoms with Crippen LogP contribution in [0, 0.1) is 0 Å². The van der Waals surface area contributed by atoms with Gasteiger partial charge in [-0.25, -0.2) is 9.97 Å². The Labute approximate surface area is 244 Å². The normalized spacial score (nSPS) is 11.3. The summed E-state index contributed by atoms with van der Waals surface area (Å²) in [6.07, 6.45) is 1.68. The van der Waals surface area contributed by atoms with Crippen LogP contribution in [0.1, 0.15) is 0 Å². The van der Waals surface area contributed by atoms with Gasteiger partial charge in [0, 0.05) is 11.1 Å². The maximum absolute atomic E-state index is 4.74. The predicted molar refractivity (Wildman–Crippen MR) is 176 cm³/mol. The Bertz CT molecular complexity index is 2210. The van der Waals surface area contributed by atoms with Crippen LogP contribution in [-0.4, -0.2) is 9.97 Å². The average Bonchev–Trinajstić information content (AvgIpc) is 3.09.